The second-order valence-electron chi connectivity index (χ2n) is 5.28. The van der Waals surface area contributed by atoms with Crippen molar-refractivity contribution in [1.82, 2.24) is 9.38 Å². The molecule has 0 spiro atoms. The van der Waals surface area contributed by atoms with Gasteiger partial charge < -0.3 is 5.11 Å². The van der Waals surface area contributed by atoms with Gasteiger partial charge >= 0.3 is 0 Å². The van der Waals surface area contributed by atoms with Crippen LogP contribution in [0.15, 0.2) is 17.8 Å². The Kier molecular flexibility index (Phi) is 4.45. The molecule has 104 valence electrons. The van der Waals surface area contributed by atoms with E-state index in [2.05, 4.69) is 4.98 Å². The minimum Gasteiger partial charge on any atom is -0.392 e. The molecule has 1 aliphatic carbocycles. The first-order chi connectivity index (χ1) is 9.31. The van der Waals surface area contributed by atoms with E-state index < -0.39 is 0 Å². The molecule has 0 aromatic carbocycles. The van der Waals surface area contributed by atoms with Gasteiger partial charge in [0.1, 0.15) is 0 Å². The molecule has 2 aromatic heterocycles. The average molecular weight is 296 g/mol. The highest BCUT2D eigenvalue weighted by molar-refractivity contribution is 7.99. The third-order valence-corrected chi connectivity index (χ3v) is 5.96. The highest BCUT2D eigenvalue weighted by atomic mass is 32.2. The van der Waals surface area contributed by atoms with Crippen molar-refractivity contribution in [2.45, 2.75) is 49.9 Å². The van der Waals surface area contributed by atoms with E-state index in [0.717, 1.165) is 21.7 Å². The van der Waals surface area contributed by atoms with Crippen molar-refractivity contribution in [2.24, 2.45) is 0 Å². The Morgan fingerprint density at radius 2 is 2.26 bits per heavy atom. The summed E-state index contributed by atoms with van der Waals surface area (Å²) in [6.45, 7) is 0. The third-order valence-electron chi connectivity index (χ3n) is 3.66. The standard InChI is InChI=1S/C14H20N2OS2/c17-12(10-19-13-4-2-1-3-5-13)8-11-9-16-6-7-18-14(16)15-11/h6-7,9,12-13,17H,1-5,8,10H2. The van der Waals surface area contributed by atoms with E-state index in [1.165, 1.54) is 32.1 Å². The minimum atomic E-state index is -0.267. The Hall–Kier alpha value is -0.520. The molecule has 2 aromatic rings. The summed E-state index contributed by atoms with van der Waals surface area (Å²) in [7, 11) is 0. The molecule has 0 bridgehead atoms. The van der Waals surface area contributed by atoms with Gasteiger partial charge in [-0.1, -0.05) is 19.3 Å². The average Bonchev–Trinajstić information content (AvgIpc) is 2.98. The predicted molar refractivity (Wildman–Crippen MR) is 82.1 cm³/mol. The first-order valence-electron chi connectivity index (χ1n) is 7.02. The number of thioether (sulfide) groups is 1. The van der Waals surface area contributed by atoms with E-state index in [4.69, 9.17) is 0 Å². The van der Waals surface area contributed by atoms with Crippen LogP contribution < -0.4 is 0 Å². The molecular formula is C14H20N2OS2. The van der Waals surface area contributed by atoms with E-state index in [9.17, 15) is 5.11 Å². The van der Waals surface area contributed by atoms with Gasteiger partial charge in [-0.05, 0) is 12.8 Å². The zero-order valence-electron chi connectivity index (χ0n) is 11.0. The molecule has 1 atom stereocenters. The van der Waals surface area contributed by atoms with E-state index in [1.807, 2.05) is 33.9 Å². The first-order valence-corrected chi connectivity index (χ1v) is 8.95. The van der Waals surface area contributed by atoms with Gasteiger partial charge in [0.05, 0.1) is 11.8 Å². The Bertz CT molecular complexity index is 488. The number of imidazole rings is 1. The highest BCUT2D eigenvalue weighted by Crippen LogP contribution is 2.28. The summed E-state index contributed by atoms with van der Waals surface area (Å²) in [4.78, 5) is 5.54. The van der Waals surface area contributed by atoms with Crippen LogP contribution in [0, 0.1) is 0 Å². The number of aromatic nitrogens is 2. The maximum atomic E-state index is 10.1. The van der Waals surface area contributed by atoms with Crippen LogP contribution >= 0.6 is 23.1 Å². The summed E-state index contributed by atoms with van der Waals surface area (Å²) in [5, 5.41) is 12.9. The van der Waals surface area contributed by atoms with Crippen molar-refractivity contribution in [2.75, 3.05) is 5.75 Å². The quantitative estimate of drug-likeness (QED) is 0.919. The van der Waals surface area contributed by atoms with Crippen LogP contribution in [0.2, 0.25) is 0 Å². The maximum absolute atomic E-state index is 10.1. The molecule has 0 aliphatic heterocycles. The molecule has 3 rings (SSSR count). The number of fused-ring (bicyclic) bond motifs is 1. The monoisotopic (exact) mass is 296 g/mol. The lowest BCUT2D eigenvalue weighted by Crippen LogP contribution is -2.17. The fourth-order valence-corrected chi connectivity index (χ4v) is 4.65. The van der Waals surface area contributed by atoms with Crippen molar-refractivity contribution in [3.63, 3.8) is 0 Å². The van der Waals surface area contributed by atoms with Crippen molar-refractivity contribution in [3.05, 3.63) is 23.5 Å². The molecule has 0 radical (unpaired) electrons. The molecule has 19 heavy (non-hydrogen) atoms. The highest BCUT2D eigenvalue weighted by Gasteiger charge is 2.16. The van der Waals surface area contributed by atoms with Crippen LogP contribution in [0.25, 0.3) is 4.96 Å². The van der Waals surface area contributed by atoms with Gasteiger partial charge in [-0.2, -0.15) is 11.8 Å². The SMILES string of the molecule is OC(CSC1CCCCC1)Cc1cn2ccsc2n1. The topological polar surface area (TPSA) is 37.5 Å². The van der Waals surface area contributed by atoms with E-state index in [1.54, 1.807) is 11.3 Å². The minimum absolute atomic E-state index is 0.267. The fourth-order valence-electron chi connectivity index (χ4n) is 2.65. The third kappa shape index (κ3) is 3.52. The molecule has 1 N–H and O–H groups in total. The second kappa shape index (κ2) is 6.29. The van der Waals surface area contributed by atoms with Crippen LogP contribution in [0.1, 0.15) is 37.8 Å². The summed E-state index contributed by atoms with van der Waals surface area (Å²) < 4.78 is 2.03. The van der Waals surface area contributed by atoms with Crippen molar-refractivity contribution < 1.29 is 5.11 Å². The van der Waals surface area contributed by atoms with Crippen molar-refractivity contribution in [1.29, 1.82) is 0 Å². The Morgan fingerprint density at radius 3 is 3.05 bits per heavy atom. The summed E-state index contributed by atoms with van der Waals surface area (Å²) in [6, 6.07) is 0. The van der Waals surface area contributed by atoms with Gasteiger partial charge in [0.25, 0.3) is 0 Å². The molecule has 3 nitrogen and oxygen atoms in total. The molecular weight excluding hydrogens is 276 g/mol. The predicted octanol–water partition coefficient (Wildman–Crippen LogP) is 3.37. The lowest BCUT2D eigenvalue weighted by molar-refractivity contribution is 0.199. The number of aliphatic hydroxyl groups is 1. The zero-order valence-corrected chi connectivity index (χ0v) is 12.6. The number of hydrogen-bond acceptors (Lipinski definition) is 4. The Balaban J connectivity index is 1.47. The molecule has 1 unspecified atom stereocenters. The van der Waals surface area contributed by atoms with Crippen LogP contribution in [0.4, 0.5) is 0 Å². The smallest absolute Gasteiger partial charge is 0.193 e. The normalized spacial score (nSPS) is 19.0. The summed E-state index contributed by atoms with van der Waals surface area (Å²) in [5.74, 6) is 0.843. The molecule has 1 fully saturated rings. The zero-order chi connectivity index (χ0) is 13.1. The first kappa shape index (κ1) is 13.5. The van der Waals surface area contributed by atoms with Crippen molar-refractivity contribution >= 4 is 28.1 Å². The maximum Gasteiger partial charge on any atom is 0.193 e. The fraction of sp³-hybridized carbons (Fsp3) is 0.643. The number of hydrogen-bond donors (Lipinski definition) is 1. The van der Waals surface area contributed by atoms with Gasteiger partial charge in [-0.15, -0.1) is 11.3 Å². The van der Waals surface area contributed by atoms with Crippen LogP contribution in [0.3, 0.4) is 0 Å². The second-order valence-corrected chi connectivity index (χ2v) is 7.48. The molecule has 0 saturated heterocycles. The van der Waals surface area contributed by atoms with Gasteiger partial charge in [-0.25, -0.2) is 4.98 Å². The van der Waals surface area contributed by atoms with Crippen LogP contribution in [0.5, 0.6) is 0 Å². The molecule has 5 heteroatoms. The van der Waals surface area contributed by atoms with Crippen molar-refractivity contribution in [3.8, 4) is 0 Å². The number of aliphatic hydroxyl groups excluding tert-OH is 1. The number of rotatable bonds is 5. The summed E-state index contributed by atoms with van der Waals surface area (Å²) in [5.41, 5.74) is 1.00. The van der Waals surface area contributed by atoms with Gasteiger partial charge in [0.2, 0.25) is 0 Å². The summed E-state index contributed by atoms with van der Waals surface area (Å²) >= 11 is 3.59. The largest absolute Gasteiger partial charge is 0.392 e. The van der Waals surface area contributed by atoms with Gasteiger partial charge in [0.15, 0.2) is 4.96 Å². The lowest BCUT2D eigenvalue weighted by atomic mass is 10.0. The lowest BCUT2D eigenvalue weighted by Gasteiger charge is -2.22. The Labute approximate surface area is 122 Å². The molecule has 2 heterocycles. The van der Waals surface area contributed by atoms with E-state index >= 15 is 0 Å². The van der Waals surface area contributed by atoms with Crippen LogP contribution in [-0.2, 0) is 6.42 Å². The van der Waals surface area contributed by atoms with E-state index in [-0.39, 0.29) is 6.10 Å². The Morgan fingerprint density at radius 1 is 1.42 bits per heavy atom. The molecule has 1 saturated carbocycles. The number of thiazole rings is 1. The number of nitrogens with zero attached hydrogens (tertiary/aromatic N) is 2. The molecule has 1 aliphatic rings. The van der Waals surface area contributed by atoms with E-state index in [0.29, 0.717) is 6.42 Å². The van der Waals surface area contributed by atoms with Gasteiger partial charge in [-0.3, -0.25) is 4.40 Å². The summed E-state index contributed by atoms with van der Waals surface area (Å²) in [6.07, 6.45) is 11.2. The van der Waals surface area contributed by atoms with Crippen LogP contribution in [-0.4, -0.2) is 31.6 Å². The van der Waals surface area contributed by atoms with Gasteiger partial charge in [0, 0.05) is 35.2 Å². The molecule has 0 amide bonds.